The topological polar surface area (TPSA) is 29.9 Å². The molecule has 1 atom stereocenters. The number of hydrogen-bond acceptors (Lipinski definition) is 2. The first kappa shape index (κ1) is 10.7. The summed E-state index contributed by atoms with van der Waals surface area (Å²) in [7, 11) is 1.93. The molecule has 0 bridgehead atoms. The highest BCUT2D eigenvalue weighted by atomic mass is 15.2. The van der Waals surface area contributed by atoms with Gasteiger partial charge in [-0.2, -0.15) is 5.10 Å². The molecule has 0 aliphatic rings. The van der Waals surface area contributed by atoms with Crippen LogP contribution in [0.15, 0.2) is 36.7 Å². The Balaban J connectivity index is 2.07. The van der Waals surface area contributed by atoms with E-state index in [1.165, 1.54) is 11.1 Å². The maximum absolute atomic E-state index is 4.17. The second kappa shape index (κ2) is 4.39. The van der Waals surface area contributed by atoms with Gasteiger partial charge in [-0.15, -0.1) is 0 Å². The zero-order valence-corrected chi connectivity index (χ0v) is 9.94. The smallest absolute Gasteiger partial charge is 0.0542 e. The maximum Gasteiger partial charge on any atom is 0.0542 e. The molecule has 1 aromatic heterocycles. The first-order chi connectivity index (χ1) is 7.65. The van der Waals surface area contributed by atoms with E-state index in [-0.39, 0.29) is 6.04 Å². The number of nitrogens with zero attached hydrogens (tertiary/aromatic N) is 2. The molecular weight excluding hydrogens is 198 g/mol. The summed E-state index contributed by atoms with van der Waals surface area (Å²) in [5.41, 5.74) is 3.62. The van der Waals surface area contributed by atoms with E-state index in [4.69, 9.17) is 0 Å². The Morgan fingerprint density at radius 2 is 1.94 bits per heavy atom. The summed E-state index contributed by atoms with van der Waals surface area (Å²) in [5, 5.41) is 7.62. The number of rotatable bonds is 3. The minimum absolute atomic E-state index is 0.274. The van der Waals surface area contributed by atoms with E-state index in [2.05, 4.69) is 48.5 Å². The van der Waals surface area contributed by atoms with Gasteiger partial charge < -0.3 is 5.32 Å². The lowest BCUT2D eigenvalue weighted by Gasteiger charge is -2.13. The maximum atomic E-state index is 4.17. The highest BCUT2D eigenvalue weighted by Gasteiger charge is 2.06. The third-order valence-corrected chi connectivity index (χ3v) is 2.66. The Bertz CT molecular complexity index is 456. The molecule has 0 saturated heterocycles. The van der Waals surface area contributed by atoms with Gasteiger partial charge in [0.05, 0.1) is 12.2 Å². The van der Waals surface area contributed by atoms with Gasteiger partial charge in [0.15, 0.2) is 0 Å². The van der Waals surface area contributed by atoms with Crippen LogP contribution in [0.4, 0.5) is 5.69 Å². The third-order valence-electron chi connectivity index (χ3n) is 2.66. The molecule has 3 heteroatoms. The van der Waals surface area contributed by atoms with Gasteiger partial charge in [0.25, 0.3) is 0 Å². The fourth-order valence-electron chi connectivity index (χ4n) is 1.65. The summed E-state index contributed by atoms with van der Waals surface area (Å²) >= 11 is 0. The molecule has 0 saturated carbocycles. The molecular formula is C13H17N3. The SMILES string of the molecule is Cc1ccc(NC(C)c2cnn(C)c2)cc1. The quantitative estimate of drug-likeness (QED) is 0.853. The van der Waals surface area contributed by atoms with Gasteiger partial charge in [0.2, 0.25) is 0 Å². The molecule has 0 aliphatic carbocycles. The number of hydrogen-bond donors (Lipinski definition) is 1. The third kappa shape index (κ3) is 2.42. The fourth-order valence-corrected chi connectivity index (χ4v) is 1.65. The largest absolute Gasteiger partial charge is 0.378 e. The molecule has 1 heterocycles. The first-order valence-electron chi connectivity index (χ1n) is 5.47. The molecule has 2 aromatic rings. The number of anilines is 1. The van der Waals surface area contributed by atoms with Gasteiger partial charge in [-0.1, -0.05) is 17.7 Å². The molecule has 0 amide bonds. The van der Waals surface area contributed by atoms with Crippen molar-refractivity contribution in [3.8, 4) is 0 Å². The zero-order chi connectivity index (χ0) is 11.5. The average molecular weight is 215 g/mol. The van der Waals surface area contributed by atoms with Gasteiger partial charge >= 0.3 is 0 Å². The van der Waals surface area contributed by atoms with Gasteiger partial charge in [-0.3, -0.25) is 4.68 Å². The summed E-state index contributed by atoms with van der Waals surface area (Å²) in [6.45, 7) is 4.23. The van der Waals surface area contributed by atoms with Crippen LogP contribution in [0, 0.1) is 6.92 Å². The molecule has 1 unspecified atom stereocenters. The number of aryl methyl sites for hydroxylation is 2. The Labute approximate surface area is 96.1 Å². The molecule has 84 valence electrons. The van der Waals surface area contributed by atoms with E-state index in [9.17, 15) is 0 Å². The van der Waals surface area contributed by atoms with Crippen LogP contribution in [0.25, 0.3) is 0 Å². The van der Waals surface area contributed by atoms with Gasteiger partial charge in [-0.25, -0.2) is 0 Å². The number of nitrogens with one attached hydrogen (secondary N) is 1. The van der Waals surface area contributed by atoms with Crippen molar-refractivity contribution in [1.29, 1.82) is 0 Å². The molecule has 16 heavy (non-hydrogen) atoms. The highest BCUT2D eigenvalue weighted by molar-refractivity contribution is 5.46. The van der Waals surface area contributed by atoms with E-state index >= 15 is 0 Å². The summed E-state index contributed by atoms with van der Waals surface area (Å²) in [4.78, 5) is 0. The van der Waals surface area contributed by atoms with Gasteiger partial charge in [0, 0.05) is 24.5 Å². The molecule has 0 aliphatic heterocycles. The summed E-state index contributed by atoms with van der Waals surface area (Å²) in [5.74, 6) is 0. The molecule has 0 radical (unpaired) electrons. The fraction of sp³-hybridized carbons (Fsp3) is 0.308. The predicted molar refractivity (Wildman–Crippen MR) is 66.4 cm³/mol. The molecule has 3 nitrogen and oxygen atoms in total. The van der Waals surface area contributed by atoms with Crippen LogP contribution in [0.3, 0.4) is 0 Å². The molecule has 1 N–H and O–H groups in total. The summed E-state index contributed by atoms with van der Waals surface area (Å²) < 4.78 is 1.82. The summed E-state index contributed by atoms with van der Waals surface area (Å²) in [6, 6.07) is 8.69. The van der Waals surface area contributed by atoms with Crippen molar-refractivity contribution in [2.45, 2.75) is 19.9 Å². The van der Waals surface area contributed by atoms with Crippen molar-refractivity contribution >= 4 is 5.69 Å². The summed E-state index contributed by atoms with van der Waals surface area (Å²) in [6.07, 6.45) is 3.93. The number of aromatic nitrogens is 2. The Hall–Kier alpha value is -1.77. The van der Waals surface area contributed by atoms with Crippen LogP contribution >= 0.6 is 0 Å². The Kier molecular flexibility index (Phi) is 2.95. The highest BCUT2D eigenvalue weighted by Crippen LogP contribution is 2.18. The lowest BCUT2D eigenvalue weighted by Crippen LogP contribution is -2.05. The molecule has 2 rings (SSSR count). The Morgan fingerprint density at radius 1 is 1.25 bits per heavy atom. The van der Waals surface area contributed by atoms with Crippen molar-refractivity contribution < 1.29 is 0 Å². The lowest BCUT2D eigenvalue weighted by atomic mass is 10.1. The van der Waals surface area contributed by atoms with Crippen molar-refractivity contribution in [2.24, 2.45) is 7.05 Å². The normalized spacial score (nSPS) is 12.4. The molecule has 1 aromatic carbocycles. The van der Waals surface area contributed by atoms with Gasteiger partial charge in [-0.05, 0) is 26.0 Å². The second-order valence-corrected chi connectivity index (χ2v) is 4.18. The second-order valence-electron chi connectivity index (χ2n) is 4.18. The van der Waals surface area contributed by atoms with E-state index < -0.39 is 0 Å². The van der Waals surface area contributed by atoms with Crippen molar-refractivity contribution in [2.75, 3.05) is 5.32 Å². The Morgan fingerprint density at radius 3 is 2.50 bits per heavy atom. The minimum Gasteiger partial charge on any atom is -0.378 e. The van der Waals surface area contributed by atoms with Crippen LogP contribution < -0.4 is 5.32 Å². The average Bonchev–Trinajstić information content (AvgIpc) is 2.68. The van der Waals surface area contributed by atoms with Crippen LogP contribution in [0.5, 0.6) is 0 Å². The lowest BCUT2D eigenvalue weighted by molar-refractivity contribution is 0.765. The zero-order valence-electron chi connectivity index (χ0n) is 9.94. The van der Waals surface area contributed by atoms with E-state index in [1.807, 2.05) is 24.1 Å². The monoisotopic (exact) mass is 215 g/mol. The van der Waals surface area contributed by atoms with Crippen molar-refractivity contribution in [3.05, 3.63) is 47.8 Å². The van der Waals surface area contributed by atoms with Crippen molar-refractivity contribution in [1.82, 2.24) is 9.78 Å². The van der Waals surface area contributed by atoms with Crippen LogP contribution in [-0.2, 0) is 7.05 Å². The van der Waals surface area contributed by atoms with E-state index in [0.717, 1.165) is 5.69 Å². The van der Waals surface area contributed by atoms with Gasteiger partial charge in [0.1, 0.15) is 0 Å². The number of benzene rings is 1. The standard InChI is InChI=1S/C13H17N3/c1-10-4-6-13(7-5-10)15-11(2)12-8-14-16(3)9-12/h4-9,11,15H,1-3H3. The molecule has 0 spiro atoms. The van der Waals surface area contributed by atoms with Crippen LogP contribution in [-0.4, -0.2) is 9.78 Å². The van der Waals surface area contributed by atoms with E-state index in [0.29, 0.717) is 0 Å². The minimum atomic E-state index is 0.274. The predicted octanol–water partition coefficient (Wildman–Crippen LogP) is 2.90. The molecule has 0 fully saturated rings. The van der Waals surface area contributed by atoms with E-state index in [1.54, 1.807) is 0 Å². The first-order valence-corrected chi connectivity index (χ1v) is 5.47. The van der Waals surface area contributed by atoms with Crippen LogP contribution in [0.1, 0.15) is 24.1 Å². The van der Waals surface area contributed by atoms with Crippen LogP contribution in [0.2, 0.25) is 0 Å². The van der Waals surface area contributed by atoms with Crippen molar-refractivity contribution in [3.63, 3.8) is 0 Å².